The third-order valence-electron chi connectivity index (χ3n) is 3.52. The number of Topliss-reactive ketones (excluding diaryl/α,β-unsaturated/α-hetero) is 1. The lowest BCUT2D eigenvalue weighted by molar-refractivity contribution is 0.0927. The molecule has 2 rings (SSSR count). The van der Waals surface area contributed by atoms with Crippen LogP contribution in [0.3, 0.4) is 0 Å². The first kappa shape index (κ1) is 12.6. The van der Waals surface area contributed by atoms with Crippen molar-refractivity contribution in [1.29, 1.82) is 0 Å². The molecule has 2 aromatic rings. The minimum atomic E-state index is -0.0603. The van der Waals surface area contributed by atoms with Crippen molar-refractivity contribution >= 4 is 5.78 Å². The van der Waals surface area contributed by atoms with Crippen LogP contribution in [-0.4, -0.2) is 10.8 Å². The molecule has 1 heterocycles. The molecule has 0 aliphatic carbocycles. The van der Waals surface area contributed by atoms with Crippen LogP contribution in [0.5, 0.6) is 0 Å². The van der Waals surface area contributed by atoms with Crippen molar-refractivity contribution in [3.8, 4) is 0 Å². The summed E-state index contributed by atoms with van der Waals surface area (Å²) in [4.78, 5) is 15.6. The summed E-state index contributed by atoms with van der Waals surface area (Å²) in [7, 11) is 0. The van der Waals surface area contributed by atoms with Crippen LogP contribution in [-0.2, 0) is 0 Å². The van der Waals surface area contributed by atoms with Crippen molar-refractivity contribution in [2.75, 3.05) is 0 Å². The van der Waals surface area contributed by atoms with Gasteiger partial charge in [0.2, 0.25) is 0 Å². The molecule has 0 saturated carbocycles. The molecule has 2 unspecified atom stereocenters. The number of H-pyrrole nitrogens is 1. The highest BCUT2D eigenvalue weighted by Gasteiger charge is 2.27. The average Bonchev–Trinajstić information content (AvgIpc) is 2.94. The number of hydrogen-bond acceptors (Lipinski definition) is 1. The Balaban J connectivity index is 2.35. The molecular weight excluding hydrogens is 222 g/mol. The summed E-state index contributed by atoms with van der Waals surface area (Å²) in [6, 6.07) is 13.8. The van der Waals surface area contributed by atoms with Gasteiger partial charge in [0, 0.05) is 6.20 Å². The average molecular weight is 241 g/mol. The van der Waals surface area contributed by atoms with Gasteiger partial charge in [0.05, 0.1) is 11.6 Å². The van der Waals surface area contributed by atoms with E-state index in [0.29, 0.717) is 11.6 Å². The number of nitrogens with one attached hydrogen (secondary N) is 1. The molecule has 0 bridgehead atoms. The van der Waals surface area contributed by atoms with Gasteiger partial charge in [0.25, 0.3) is 0 Å². The van der Waals surface area contributed by atoms with Crippen molar-refractivity contribution in [3.63, 3.8) is 0 Å². The third kappa shape index (κ3) is 2.53. The van der Waals surface area contributed by atoms with Crippen LogP contribution in [0.4, 0.5) is 0 Å². The van der Waals surface area contributed by atoms with Crippen molar-refractivity contribution in [1.82, 2.24) is 4.98 Å². The number of rotatable bonds is 5. The van der Waals surface area contributed by atoms with E-state index in [-0.39, 0.29) is 11.7 Å². The highest BCUT2D eigenvalue weighted by atomic mass is 16.1. The molecule has 0 fully saturated rings. The van der Waals surface area contributed by atoms with Crippen LogP contribution in [0, 0.1) is 5.92 Å². The molecule has 0 radical (unpaired) electrons. The number of hydrogen-bond donors (Lipinski definition) is 1. The highest BCUT2D eigenvalue weighted by molar-refractivity contribution is 5.99. The van der Waals surface area contributed by atoms with E-state index in [1.807, 2.05) is 42.5 Å². The zero-order valence-corrected chi connectivity index (χ0v) is 10.9. The Hall–Kier alpha value is -1.83. The molecular formula is C16H19NO. The minimum absolute atomic E-state index is 0.0603. The Bertz CT molecular complexity index is 487. The predicted molar refractivity (Wildman–Crippen MR) is 73.8 cm³/mol. The molecule has 1 aromatic carbocycles. The third-order valence-corrected chi connectivity index (χ3v) is 3.52. The van der Waals surface area contributed by atoms with E-state index in [2.05, 4.69) is 18.8 Å². The van der Waals surface area contributed by atoms with Crippen LogP contribution < -0.4 is 0 Å². The maximum absolute atomic E-state index is 12.6. The summed E-state index contributed by atoms with van der Waals surface area (Å²) >= 11 is 0. The number of carbonyl (C=O) groups excluding carboxylic acids is 1. The Morgan fingerprint density at radius 1 is 1.17 bits per heavy atom. The van der Waals surface area contributed by atoms with Gasteiger partial charge in [0.15, 0.2) is 5.78 Å². The van der Waals surface area contributed by atoms with Gasteiger partial charge >= 0.3 is 0 Å². The second-order valence-corrected chi connectivity index (χ2v) is 4.72. The highest BCUT2D eigenvalue weighted by Crippen LogP contribution is 2.30. The molecule has 0 amide bonds. The molecule has 94 valence electrons. The summed E-state index contributed by atoms with van der Waals surface area (Å²) in [6.45, 7) is 4.26. The van der Waals surface area contributed by atoms with Gasteiger partial charge in [-0.3, -0.25) is 4.79 Å². The number of ketones is 1. The van der Waals surface area contributed by atoms with Gasteiger partial charge in [0.1, 0.15) is 0 Å². The van der Waals surface area contributed by atoms with E-state index < -0.39 is 0 Å². The van der Waals surface area contributed by atoms with Crippen molar-refractivity contribution < 1.29 is 4.79 Å². The summed E-state index contributed by atoms with van der Waals surface area (Å²) in [6.07, 6.45) is 2.79. The SMILES string of the molecule is CCC(C)C(C(=O)c1ccc[nH]1)c1ccccc1. The lowest BCUT2D eigenvalue weighted by Gasteiger charge is -2.21. The molecule has 18 heavy (non-hydrogen) atoms. The van der Waals surface area contributed by atoms with E-state index in [4.69, 9.17) is 0 Å². The van der Waals surface area contributed by atoms with E-state index in [0.717, 1.165) is 12.0 Å². The van der Waals surface area contributed by atoms with Crippen LogP contribution in [0.25, 0.3) is 0 Å². The van der Waals surface area contributed by atoms with Crippen molar-refractivity contribution in [2.24, 2.45) is 5.92 Å². The molecule has 2 heteroatoms. The van der Waals surface area contributed by atoms with E-state index in [1.165, 1.54) is 0 Å². The molecule has 0 saturated heterocycles. The van der Waals surface area contributed by atoms with Gasteiger partial charge in [-0.2, -0.15) is 0 Å². The van der Waals surface area contributed by atoms with Gasteiger partial charge in [-0.15, -0.1) is 0 Å². The zero-order valence-electron chi connectivity index (χ0n) is 10.9. The summed E-state index contributed by atoms with van der Waals surface area (Å²) in [5, 5.41) is 0. The molecule has 0 aliphatic rings. The van der Waals surface area contributed by atoms with Crippen LogP contribution >= 0.6 is 0 Å². The molecule has 1 N–H and O–H groups in total. The second kappa shape index (κ2) is 5.67. The molecule has 2 atom stereocenters. The van der Waals surface area contributed by atoms with Gasteiger partial charge in [-0.25, -0.2) is 0 Å². The Morgan fingerprint density at radius 3 is 2.44 bits per heavy atom. The lowest BCUT2D eigenvalue weighted by Crippen LogP contribution is -2.20. The van der Waals surface area contributed by atoms with Crippen molar-refractivity contribution in [2.45, 2.75) is 26.2 Å². The standard InChI is InChI=1S/C16H19NO/c1-3-12(2)15(13-8-5-4-6-9-13)16(18)14-10-7-11-17-14/h4-12,15,17H,3H2,1-2H3. The van der Waals surface area contributed by atoms with E-state index in [9.17, 15) is 4.79 Å². The van der Waals surface area contributed by atoms with Crippen LogP contribution in [0.1, 0.15) is 42.2 Å². The number of aromatic nitrogens is 1. The Labute approximate surface area is 108 Å². The fraction of sp³-hybridized carbons (Fsp3) is 0.312. The first-order chi connectivity index (χ1) is 8.74. The van der Waals surface area contributed by atoms with E-state index >= 15 is 0 Å². The number of benzene rings is 1. The molecule has 1 aromatic heterocycles. The smallest absolute Gasteiger partial charge is 0.186 e. The Morgan fingerprint density at radius 2 is 1.89 bits per heavy atom. The first-order valence-corrected chi connectivity index (χ1v) is 6.46. The molecule has 0 spiro atoms. The molecule has 2 nitrogen and oxygen atoms in total. The zero-order chi connectivity index (χ0) is 13.0. The summed E-state index contributed by atoms with van der Waals surface area (Å²) < 4.78 is 0. The fourth-order valence-corrected chi connectivity index (χ4v) is 2.29. The predicted octanol–water partition coefficient (Wildman–Crippen LogP) is 4.03. The maximum Gasteiger partial charge on any atom is 0.186 e. The normalized spacial score (nSPS) is 14.1. The van der Waals surface area contributed by atoms with Crippen LogP contribution in [0.15, 0.2) is 48.7 Å². The maximum atomic E-state index is 12.6. The minimum Gasteiger partial charge on any atom is -0.359 e. The van der Waals surface area contributed by atoms with Crippen molar-refractivity contribution in [3.05, 3.63) is 59.9 Å². The fourth-order valence-electron chi connectivity index (χ4n) is 2.29. The number of carbonyl (C=O) groups is 1. The monoisotopic (exact) mass is 241 g/mol. The first-order valence-electron chi connectivity index (χ1n) is 6.46. The van der Waals surface area contributed by atoms with E-state index in [1.54, 1.807) is 6.20 Å². The van der Waals surface area contributed by atoms with Gasteiger partial charge in [-0.05, 0) is 23.6 Å². The van der Waals surface area contributed by atoms with Crippen LogP contribution in [0.2, 0.25) is 0 Å². The van der Waals surface area contributed by atoms with Gasteiger partial charge in [-0.1, -0.05) is 50.6 Å². The second-order valence-electron chi connectivity index (χ2n) is 4.72. The molecule has 0 aliphatic heterocycles. The topological polar surface area (TPSA) is 32.9 Å². The largest absolute Gasteiger partial charge is 0.359 e. The Kier molecular flexibility index (Phi) is 3.98. The summed E-state index contributed by atoms with van der Waals surface area (Å²) in [5.74, 6) is 0.457. The quantitative estimate of drug-likeness (QED) is 0.788. The van der Waals surface area contributed by atoms with Gasteiger partial charge < -0.3 is 4.98 Å². The lowest BCUT2D eigenvalue weighted by atomic mass is 9.81. The number of aromatic amines is 1. The summed E-state index contributed by atoms with van der Waals surface area (Å²) in [5.41, 5.74) is 1.80.